The number of hydrogen-bond donors (Lipinski definition) is 0. The Morgan fingerprint density at radius 1 is 0.833 bits per heavy atom. The maximum Gasteiger partial charge on any atom is 0.156 e. The molecular formula is C26H26N4. The number of hydrogen-bond acceptors (Lipinski definition) is 3. The average Bonchev–Trinajstić information content (AvgIpc) is 3.25. The maximum absolute atomic E-state index is 4.82. The predicted molar refractivity (Wildman–Crippen MR) is 126 cm³/mol. The number of para-hydroxylation sites is 1. The molecule has 4 nitrogen and oxygen atoms in total. The van der Waals surface area contributed by atoms with Gasteiger partial charge in [0.15, 0.2) is 5.82 Å². The van der Waals surface area contributed by atoms with E-state index in [0.717, 1.165) is 41.4 Å². The van der Waals surface area contributed by atoms with Gasteiger partial charge in [0.05, 0.1) is 11.4 Å². The molecule has 0 N–H and O–H groups in total. The number of anilines is 1. The van der Waals surface area contributed by atoms with Gasteiger partial charge in [-0.2, -0.15) is 5.10 Å². The normalized spacial score (nSPS) is 11.1. The van der Waals surface area contributed by atoms with E-state index in [1.807, 2.05) is 65.5 Å². The van der Waals surface area contributed by atoms with Crippen molar-refractivity contribution >= 4 is 17.7 Å². The molecule has 0 spiro atoms. The number of nitrogens with zero attached hydrogens (tertiary/aromatic N) is 4. The topological polar surface area (TPSA) is 33.4 Å². The van der Waals surface area contributed by atoms with Crippen molar-refractivity contribution < 1.29 is 0 Å². The lowest BCUT2D eigenvalue weighted by Gasteiger charge is -2.20. The Labute approximate surface area is 178 Å². The summed E-state index contributed by atoms with van der Waals surface area (Å²) in [5.74, 6) is 0.799. The van der Waals surface area contributed by atoms with Crippen molar-refractivity contribution in [1.82, 2.24) is 9.78 Å². The van der Waals surface area contributed by atoms with E-state index >= 15 is 0 Å². The molecule has 0 bridgehead atoms. The fraction of sp³-hybridized carbons (Fsp3) is 0.154. The summed E-state index contributed by atoms with van der Waals surface area (Å²) in [7, 11) is 0. The first-order valence-corrected chi connectivity index (χ1v) is 10.4. The number of benzene rings is 3. The number of aliphatic imine (C=N–C) groups is 1. The Bertz CT molecular complexity index is 1090. The first kappa shape index (κ1) is 19.6. The molecule has 30 heavy (non-hydrogen) atoms. The molecular weight excluding hydrogens is 368 g/mol. The highest BCUT2D eigenvalue weighted by Gasteiger charge is 2.10. The minimum absolute atomic E-state index is 0.799. The van der Waals surface area contributed by atoms with Crippen molar-refractivity contribution in [3.63, 3.8) is 0 Å². The summed E-state index contributed by atoms with van der Waals surface area (Å²) in [6, 6.07) is 30.9. The largest absolute Gasteiger partial charge is 0.372 e. The predicted octanol–water partition coefficient (Wildman–Crippen LogP) is 6.14. The third-order valence-corrected chi connectivity index (χ3v) is 5.13. The van der Waals surface area contributed by atoms with Crippen LogP contribution in [-0.4, -0.2) is 29.1 Å². The van der Waals surface area contributed by atoms with Crippen molar-refractivity contribution in [1.29, 1.82) is 0 Å². The van der Waals surface area contributed by atoms with Crippen molar-refractivity contribution in [3.8, 4) is 16.9 Å². The highest BCUT2D eigenvalue weighted by Crippen LogP contribution is 2.26. The summed E-state index contributed by atoms with van der Waals surface area (Å²) in [4.78, 5) is 7.11. The van der Waals surface area contributed by atoms with Crippen LogP contribution in [0.3, 0.4) is 0 Å². The van der Waals surface area contributed by atoms with Crippen LogP contribution in [0.15, 0.2) is 96.0 Å². The summed E-state index contributed by atoms with van der Waals surface area (Å²) < 4.78 is 1.89. The molecule has 0 saturated heterocycles. The zero-order chi connectivity index (χ0) is 20.8. The van der Waals surface area contributed by atoms with Crippen LogP contribution in [0.25, 0.3) is 16.9 Å². The molecule has 0 aliphatic carbocycles. The fourth-order valence-corrected chi connectivity index (χ4v) is 3.47. The average molecular weight is 395 g/mol. The van der Waals surface area contributed by atoms with Crippen LogP contribution in [0.5, 0.6) is 0 Å². The van der Waals surface area contributed by atoms with Crippen molar-refractivity contribution in [2.45, 2.75) is 13.8 Å². The fourth-order valence-electron chi connectivity index (χ4n) is 3.47. The van der Waals surface area contributed by atoms with Gasteiger partial charge in [0.25, 0.3) is 0 Å². The minimum Gasteiger partial charge on any atom is -0.372 e. The lowest BCUT2D eigenvalue weighted by Crippen LogP contribution is -2.21. The van der Waals surface area contributed by atoms with Gasteiger partial charge in [-0.3, -0.25) is 0 Å². The monoisotopic (exact) mass is 394 g/mol. The molecule has 0 saturated carbocycles. The van der Waals surface area contributed by atoms with Crippen LogP contribution in [0.1, 0.15) is 19.4 Å². The Morgan fingerprint density at radius 3 is 2.10 bits per heavy atom. The van der Waals surface area contributed by atoms with Crippen LogP contribution in [0.4, 0.5) is 11.5 Å². The molecule has 0 atom stereocenters. The molecule has 0 amide bonds. The summed E-state index contributed by atoms with van der Waals surface area (Å²) in [6.07, 6.45) is 1.90. The van der Waals surface area contributed by atoms with E-state index in [1.165, 1.54) is 5.69 Å². The Kier molecular flexibility index (Phi) is 6.04. The van der Waals surface area contributed by atoms with E-state index < -0.39 is 0 Å². The standard InChI is InChI=1S/C26H26N4/c1-3-29(4-2)23-17-15-21(16-18-23)20-27-26-19-25(22-11-7-5-8-12-22)28-30(26)24-13-9-6-10-14-24/h5-20H,3-4H2,1-2H3. The molecule has 4 rings (SSSR count). The van der Waals surface area contributed by atoms with Gasteiger partial charge < -0.3 is 4.90 Å². The number of rotatable bonds is 7. The molecule has 4 heteroatoms. The molecule has 0 aliphatic rings. The van der Waals surface area contributed by atoms with Crippen LogP contribution in [-0.2, 0) is 0 Å². The van der Waals surface area contributed by atoms with Crippen LogP contribution < -0.4 is 4.90 Å². The minimum atomic E-state index is 0.799. The smallest absolute Gasteiger partial charge is 0.156 e. The van der Waals surface area contributed by atoms with Gasteiger partial charge in [-0.25, -0.2) is 9.67 Å². The van der Waals surface area contributed by atoms with Gasteiger partial charge in [0.2, 0.25) is 0 Å². The Hall–Kier alpha value is -3.66. The van der Waals surface area contributed by atoms with Gasteiger partial charge in [-0.1, -0.05) is 60.7 Å². The van der Waals surface area contributed by atoms with Crippen molar-refractivity contribution in [2.24, 2.45) is 4.99 Å². The lowest BCUT2D eigenvalue weighted by molar-refractivity contribution is 0.866. The maximum atomic E-state index is 4.82. The zero-order valence-corrected chi connectivity index (χ0v) is 17.4. The van der Waals surface area contributed by atoms with E-state index in [4.69, 9.17) is 10.1 Å². The zero-order valence-electron chi connectivity index (χ0n) is 17.4. The molecule has 0 aliphatic heterocycles. The molecule has 0 radical (unpaired) electrons. The van der Waals surface area contributed by atoms with Crippen molar-refractivity contribution in [2.75, 3.05) is 18.0 Å². The quantitative estimate of drug-likeness (QED) is 0.353. The summed E-state index contributed by atoms with van der Waals surface area (Å²) in [6.45, 7) is 6.35. The molecule has 0 unspecified atom stereocenters. The second-order valence-electron chi connectivity index (χ2n) is 7.02. The highest BCUT2D eigenvalue weighted by atomic mass is 15.3. The molecule has 4 aromatic rings. The van der Waals surface area contributed by atoms with Gasteiger partial charge in [0.1, 0.15) is 0 Å². The van der Waals surface area contributed by atoms with Gasteiger partial charge in [-0.15, -0.1) is 0 Å². The summed E-state index contributed by atoms with van der Waals surface area (Å²) in [5, 5.41) is 4.82. The third-order valence-electron chi connectivity index (χ3n) is 5.13. The molecule has 0 fully saturated rings. The molecule has 150 valence electrons. The SMILES string of the molecule is CCN(CC)c1ccc(C=Nc2cc(-c3ccccc3)nn2-c2ccccc2)cc1. The van der Waals surface area contributed by atoms with Gasteiger partial charge in [-0.05, 0) is 43.7 Å². The second-order valence-corrected chi connectivity index (χ2v) is 7.02. The van der Waals surface area contributed by atoms with Crippen LogP contribution in [0.2, 0.25) is 0 Å². The van der Waals surface area contributed by atoms with Gasteiger partial charge in [0, 0.05) is 36.6 Å². The molecule has 1 aromatic heterocycles. The van der Waals surface area contributed by atoms with Crippen LogP contribution in [0, 0.1) is 0 Å². The first-order valence-electron chi connectivity index (χ1n) is 10.4. The summed E-state index contributed by atoms with van der Waals surface area (Å²) >= 11 is 0. The highest BCUT2D eigenvalue weighted by molar-refractivity contribution is 5.83. The molecule has 3 aromatic carbocycles. The van der Waals surface area contributed by atoms with Crippen LogP contribution >= 0.6 is 0 Å². The van der Waals surface area contributed by atoms with E-state index in [1.54, 1.807) is 0 Å². The Morgan fingerprint density at radius 2 is 1.47 bits per heavy atom. The van der Waals surface area contributed by atoms with Crippen molar-refractivity contribution in [3.05, 3.63) is 96.6 Å². The van der Waals surface area contributed by atoms with E-state index in [-0.39, 0.29) is 0 Å². The van der Waals surface area contributed by atoms with E-state index in [9.17, 15) is 0 Å². The second kappa shape index (κ2) is 9.23. The molecule has 1 heterocycles. The van der Waals surface area contributed by atoms with E-state index in [0.29, 0.717) is 0 Å². The number of aromatic nitrogens is 2. The van der Waals surface area contributed by atoms with Gasteiger partial charge >= 0.3 is 0 Å². The lowest BCUT2D eigenvalue weighted by atomic mass is 10.1. The van der Waals surface area contributed by atoms with E-state index in [2.05, 4.69) is 55.1 Å². The Balaban J connectivity index is 1.67. The first-order chi connectivity index (χ1) is 14.8. The summed E-state index contributed by atoms with van der Waals surface area (Å²) in [5.41, 5.74) is 5.27. The third kappa shape index (κ3) is 4.33.